The van der Waals surface area contributed by atoms with E-state index in [2.05, 4.69) is 15.0 Å². The molecule has 0 bridgehead atoms. The Balaban J connectivity index is 1.49. The second-order valence-electron chi connectivity index (χ2n) is 6.29. The largest absolute Gasteiger partial charge is 0.494 e. The summed E-state index contributed by atoms with van der Waals surface area (Å²) in [6.45, 7) is 0.211. The number of hydrogen-bond acceptors (Lipinski definition) is 4. The molecule has 1 aromatic carbocycles. The van der Waals surface area contributed by atoms with Crippen molar-refractivity contribution in [3.8, 4) is 17.1 Å². The van der Waals surface area contributed by atoms with Crippen molar-refractivity contribution in [2.24, 2.45) is 0 Å². The Morgan fingerprint density at radius 2 is 1.96 bits per heavy atom. The van der Waals surface area contributed by atoms with Crippen molar-refractivity contribution in [1.29, 1.82) is 0 Å². The number of hydrogen-bond donors (Lipinski definition) is 1. The molecule has 1 N–H and O–H groups in total. The highest BCUT2D eigenvalue weighted by Gasteiger charge is 2.12. The third-order valence-electron chi connectivity index (χ3n) is 4.60. The topological polar surface area (TPSA) is 68.2 Å². The van der Waals surface area contributed by atoms with E-state index in [1.807, 2.05) is 22.9 Å². The lowest BCUT2D eigenvalue weighted by Crippen LogP contribution is -2.01. The van der Waals surface area contributed by atoms with Crippen LogP contribution < -0.4 is 0 Å². The highest BCUT2D eigenvalue weighted by Crippen LogP contribution is 2.27. The Hall–Kier alpha value is -3.74. The van der Waals surface area contributed by atoms with Crippen molar-refractivity contribution in [3.05, 3.63) is 78.9 Å². The maximum absolute atomic E-state index is 14.7. The van der Waals surface area contributed by atoms with Gasteiger partial charge >= 0.3 is 0 Å². The zero-order valence-electron chi connectivity index (χ0n) is 14.1. The molecule has 0 unspecified atom stereocenters. The second-order valence-corrected chi connectivity index (χ2v) is 6.29. The first-order valence-electron chi connectivity index (χ1n) is 8.39. The van der Waals surface area contributed by atoms with Crippen LogP contribution in [-0.2, 0) is 6.54 Å². The lowest BCUT2D eigenvalue weighted by Gasteiger charge is -2.08. The normalized spacial score (nSPS) is 11.4. The molecule has 6 nitrogen and oxygen atoms in total. The summed E-state index contributed by atoms with van der Waals surface area (Å²) >= 11 is 0. The molecule has 4 aromatic heterocycles. The van der Waals surface area contributed by atoms with E-state index in [-0.39, 0.29) is 18.2 Å². The molecule has 0 amide bonds. The number of pyridine rings is 1. The van der Waals surface area contributed by atoms with Gasteiger partial charge in [0, 0.05) is 42.1 Å². The van der Waals surface area contributed by atoms with Crippen LogP contribution in [0.3, 0.4) is 0 Å². The summed E-state index contributed by atoms with van der Waals surface area (Å²) in [7, 11) is 0. The Kier molecular flexibility index (Phi) is 3.39. The first-order chi connectivity index (χ1) is 13.2. The van der Waals surface area contributed by atoms with E-state index in [0.29, 0.717) is 27.7 Å². The van der Waals surface area contributed by atoms with E-state index in [9.17, 15) is 9.50 Å². The van der Waals surface area contributed by atoms with E-state index in [4.69, 9.17) is 0 Å². The molecule has 0 aliphatic rings. The summed E-state index contributed by atoms with van der Waals surface area (Å²) in [5.74, 6) is -0.279. The van der Waals surface area contributed by atoms with Gasteiger partial charge in [-0.05, 0) is 18.2 Å². The van der Waals surface area contributed by atoms with E-state index in [0.717, 1.165) is 5.65 Å². The molecule has 5 aromatic rings. The van der Waals surface area contributed by atoms with Gasteiger partial charge in [0.05, 0.1) is 29.3 Å². The summed E-state index contributed by atoms with van der Waals surface area (Å²) in [6.07, 6.45) is 10.3. The fourth-order valence-electron chi connectivity index (χ4n) is 3.19. The Morgan fingerprint density at radius 3 is 2.81 bits per heavy atom. The molecular weight excluding hydrogens is 345 g/mol. The van der Waals surface area contributed by atoms with Crippen LogP contribution >= 0.6 is 0 Å². The Morgan fingerprint density at radius 1 is 1.04 bits per heavy atom. The van der Waals surface area contributed by atoms with E-state index < -0.39 is 0 Å². The van der Waals surface area contributed by atoms with Crippen LogP contribution in [0.25, 0.3) is 27.8 Å². The number of rotatable bonds is 3. The van der Waals surface area contributed by atoms with Crippen molar-refractivity contribution in [1.82, 2.24) is 23.9 Å². The van der Waals surface area contributed by atoms with Crippen molar-refractivity contribution < 1.29 is 9.50 Å². The SMILES string of the molecule is Oc1c2cccnc2cn1Cc1ccc(-c2cn3ccnc3cn2)cc1F. The van der Waals surface area contributed by atoms with E-state index >= 15 is 0 Å². The summed E-state index contributed by atoms with van der Waals surface area (Å²) in [5.41, 5.74) is 3.21. The van der Waals surface area contributed by atoms with E-state index in [1.165, 1.54) is 6.07 Å². The summed E-state index contributed by atoms with van der Waals surface area (Å²) in [5, 5.41) is 11.0. The van der Waals surface area contributed by atoms with Gasteiger partial charge in [0.15, 0.2) is 5.65 Å². The Labute approximate surface area is 153 Å². The maximum Gasteiger partial charge on any atom is 0.201 e. The van der Waals surface area contributed by atoms with Gasteiger partial charge in [-0.15, -0.1) is 0 Å². The minimum absolute atomic E-state index is 0.0776. The Bertz CT molecular complexity index is 1290. The lowest BCUT2D eigenvalue weighted by molar-refractivity contribution is 0.428. The predicted octanol–water partition coefficient (Wildman–Crippen LogP) is 3.64. The number of fused-ring (bicyclic) bond motifs is 2. The van der Waals surface area contributed by atoms with Gasteiger partial charge in [-0.1, -0.05) is 12.1 Å². The molecule has 132 valence electrons. The highest BCUT2D eigenvalue weighted by molar-refractivity contribution is 5.84. The summed E-state index contributed by atoms with van der Waals surface area (Å²) in [4.78, 5) is 12.7. The molecule has 7 heteroatoms. The molecule has 27 heavy (non-hydrogen) atoms. The number of aromatic nitrogens is 5. The maximum atomic E-state index is 14.7. The molecule has 0 saturated carbocycles. The number of imidazole rings is 1. The predicted molar refractivity (Wildman–Crippen MR) is 98.9 cm³/mol. The fraction of sp³-hybridized carbons (Fsp3) is 0.0500. The van der Waals surface area contributed by atoms with Crippen LogP contribution in [0.2, 0.25) is 0 Å². The highest BCUT2D eigenvalue weighted by atomic mass is 19.1. The standard InChI is InChI=1S/C20H14FN5O/c21-16-8-13(17-11-25-7-6-23-19(25)9-24-17)3-4-14(16)10-26-12-18-15(20(26)27)2-1-5-22-18/h1-9,11-12,27H,10H2. The average Bonchev–Trinajstić information content (AvgIpc) is 3.28. The van der Waals surface area contributed by atoms with Crippen molar-refractivity contribution in [3.63, 3.8) is 0 Å². The zero-order chi connectivity index (χ0) is 18.4. The van der Waals surface area contributed by atoms with Gasteiger partial charge in [0.1, 0.15) is 5.82 Å². The molecular formula is C20H14FN5O. The van der Waals surface area contributed by atoms with Gasteiger partial charge in [-0.25, -0.2) is 9.37 Å². The van der Waals surface area contributed by atoms with Gasteiger partial charge < -0.3 is 14.1 Å². The molecule has 0 atom stereocenters. The minimum Gasteiger partial charge on any atom is -0.494 e. The molecule has 5 rings (SSSR count). The fourth-order valence-corrected chi connectivity index (χ4v) is 3.19. The summed E-state index contributed by atoms with van der Waals surface area (Å²) in [6, 6.07) is 8.53. The van der Waals surface area contributed by atoms with Gasteiger partial charge in [-0.2, -0.15) is 0 Å². The molecule has 0 fully saturated rings. The number of halogens is 1. The quantitative estimate of drug-likeness (QED) is 0.534. The first-order valence-corrected chi connectivity index (χ1v) is 8.39. The number of benzene rings is 1. The molecule has 0 aliphatic heterocycles. The molecule has 0 saturated heterocycles. The van der Waals surface area contributed by atoms with Crippen molar-refractivity contribution in [2.75, 3.05) is 0 Å². The van der Waals surface area contributed by atoms with Gasteiger partial charge in [0.25, 0.3) is 0 Å². The van der Waals surface area contributed by atoms with Crippen LogP contribution in [0.15, 0.2) is 67.5 Å². The van der Waals surface area contributed by atoms with Gasteiger partial charge in [-0.3, -0.25) is 9.97 Å². The van der Waals surface area contributed by atoms with Crippen LogP contribution in [0.1, 0.15) is 5.56 Å². The summed E-state index contributed by atoms with van der Waals surface area (Å²) < 4.78 is 18.1. The van der Waals surface area contributed by atoms with E-state index in [1.54, 1.807) is 47.6 Å². The molecule has 0 spiro atoms. The molecule has 0 aliphatic carbocycles. The molecule has 0 radical (unpaired) electrons. The van der Waals surface area contributed by atoms with Crippen LogP contribution in [0.4, 0.5) is 4.39 Å². The average molecular weight is 359 g/mol. The van der Waals surface area contributed by atoms with Crippen molar-refractivity contribution >= 4 is 16.6 Å². The zero-order valence-corrected chi connectivity index (χ0v) is 14.1. The number of aromatic hydroxyl groups is 1. The van der Waals surface area contributed by atoms with Crippen LogP contribution in [0, 0.1) is 5.82 Å². The molecule has 4 heterocycles. The lowest BCUT2D eigenvalue weighted by atomic mass is 10.1. The monoisotopic (exact) mass is 359 g/mol. The van der Waals surface area contributed by atoms with Crippen LogP contribution in [0.5, 0.6) is 5.88 Å². The number of nitrogens with zero attached hydrogens (tertiary/aromatic N) is 5. The van der Waals surface area contributed by atoms with Crippen molar-refractivity contribution in [2.45, 2.75) is 6.54 Å². The third-order valence-corrected chi connectivity index (χ3v) is 4.60. The minimum atomic E-state index is -0.356. The van der Waals surface area contributed by atoms with Gasteiger partial charge in [0.2, 0.25) is 5.88 Å². The first kappa shape index (κ1) is 15.5. The third kappa shape index (κ3) is 2.60. The van der Waals surface area contributed by atoms with Crippen LogP contribution in [-0.4, -0.2) is 29.0 Å². The smallest absolute Gasteiger partial charge is 0.201 e. The second kappa shape index (κ2) is 5.91.